The van der Waals surface area contributed by atoms with E-state index in [2.05, 4.69) is 15.5 Å². The van der Waals surface area contributed by atoms with Gasteiger partial charge in [-0.1, -0.05) is 37.3 Å². The summed E-state index contributed by atoms with van der Waals surface area (Å²) in [6.45, 7) is 2.79. The molecule has 0 saturated heterocycles. The maximum atomic E-state index is 12.0. The standard InChI is InChI=1S/C12H14N4O/c1-2-8-16-12(13-14-15-16)9-11(17)10-6-4-3-5-7-10/h3-7H,2,8-9H2,1H3. The van der Waals surface area contributed by atoms with Crippen LogP contribution in [0.3, 0.4) is 0 Å². The number of aryl methyl sites for hydroxylation is 1. The Morgan fingerprint density at radius 1 is 1.29 bits per heavy atom. The first-order valence-electron chi connectivity index (χ1n) is 5.64. The first-order chi connectivity index (χ1) is 8.31. The number of ketones is 1. The van der Waals surface area contributed by atoms with Gasteiger partial charge in [0.25, 0.3) is 0 Å². The molecule has 0 bridgehead atoms. The summed E-state index contributed by atoms with van der Waals surface area (Å²) in [7, 11) is 0. The fraction of sp³-hybridized carbons (Fsp3) is 0.333. The van der Waals surface area contributed by atoms with Crippen LogP contribution in [0.4, 0.5) is 0 Å². The molecule has 1 aromatic carbocycles. The van der Waals surface area contributed by atoms with Crippen molar-refractivity contribution >= 4 is 5.78 Å². The molecule has 0 aliphatic heterocycles. The van der Waals surface area contributed by atoms with Crippen molar-refractivity contribution in [2.75, 3.05) is 0 Å². The molecule has 5 nitrogen and oxygen atoms in total. The summed E-state index contributed by atoms with van der Waals surface area (Å²) in [5.74, 6) is 0.665. The number of carbonyl (C=O) groups excluding carboxylic acids is 1. The molecule has 2 rings (SSSR count). The lowest BCUT2D eigenvalue weighted by Crippen LogP contribution is -2.11. The van der Waals surface area contributed by atoms with E-state index >= 15 is 0 Å². The smallest absolute Gasteiger partial charge is 0.170 e. The molecule has 0 saturated carbocycles. The maximum absolute atomic E-state index is 12.0. The molecule has 0 aliphatic rings. The van der Waals surface area contributed by atoms with Gasteiger partial charge in [-0.15, -0.1) is 5.10 Å². The highest BCUT2D eigenvalue weighted by atomic mass is 16.1. The second-order valence-corrected chi connectivity index (χ2v) is 3.78. The number of nitrogens with zero attached hydrogens (tertiary/aromatic N) is 4. The minimum absolute atomic E-state index is 0.0396. The van der Waals surface area contributed by atoms with Crippen molar-refractivity contribution in [2.24, 2.45) is 0 Å². The van der Waals surface area contributed by atoms with E-state index in [0.29, 0.717) is 11.4 Å². The first-order valence-corrected chi connectivity index (χ1v) is 5.64. The molecule has 0 atom stereocenters. The lowest BCUT2D eigenvalue weighted by atomic mass is 10.1. The number of benzene rings is 1. The molecular weight excluding hydrogens is 216 g/mol. The van der Waals surface area contributed by atoms with Crippen LogP contribution < -0.4 is 0 Å². The Labute approximate surface area is 99.5 Å². The molecule has 0 aliphatic carbocycles. The highest BCUT2D eigenvalue weighted by Gasteiger charge is 2.12. The van der Waals surface area contributed by atoms with Crippen LogP contribution >= 0.6 is 0 Å². The molecule has 17 heavy (non-hydrogen) atoms. The molecule has 5 heteroatoms. The third-order valence-electron chi connectivity index (χ3n) is 2.46. The van der Waals surface area contributed by atoms with Crippen LogP contribution in [0.25, 0.3) is 0 Å². The molecule has 2 aromatic rings. The maximum Gasteiger partial charge on any atom is 0.170 e. The van der Waals surface area contributed by atoms with E-state index in [1.807, 2.05) is 25.1 Å². The molecule has 0 unspecified atom stereocenters. The van der Waals surface area contributed by atoms with E-state index in [0.717, 1.165) is 13.0 Å². The van der Waals surface area contributed by atoms with Crippen molar-refractivity contribution < 1.29 is 4.79 Å². The zero-order valence-electron chi connectivity index (χ0n) is 9.71. The van der Waals surface area contributed by atoms with E-state index in [9.17, 15) is 4.79 Å². The van der Waals surface area contributed by atoms with Crippen molar-refractivity contribution in [3.05, 3.63) is 41.7 Å². The molecule has 88 valence electrons. The number of tetrazole rings is 1. The normalized spacial score (nSPS) is 10.4. The summed E-state index contributed by atoms with van der Waals surface area (Å²) in [6.07, 6.45) is 1.19. The van der Waals surface area contributed by atoms with Gasteiger partial charge in [-0.25, -0.2) is 4.68 Å². The van der Waals surface area contributed by atoms with Crippen LogP contribution in [0.2, 0.25) is 0 Å². The fourth-order valence-electron chi connectivity index (χ4n) is 1.61. The highest BCUT2D eigenvalue weighted by Crippen LogP contribution is 2.05. The zero-order valence-corrected chi connectivity index (χ0v) is 9.71. The van der Waals surface area contributed by atoms with Crippen molar-refractivity contribution in [3.63, 3.8) is 0 Å². The second kappa shape index (κ2) is 5.34. The van der Waals surface area contributed by atoms with E-state index < -0.39 is 0 Å². The minimum atomic E-state index is 0.0396. The average Bonchev–Trinajstić information content (AvgIpc) is 2.78. The van der Waals surface area contributed by atoms with Crippen molar-refractivity contribution in [1.29, 1.82) is 0 Å². The second-order valence-electron chi connectivity index (χ2n) is 3.78. The topological polar surface area (TPSA) is 60.7 Å². The van der Waals surface area contributed by atoms with Crippen molar-refractivity contribution in [2.45, 2.75) is 26.3 Å². The van der Waals surface area contributed by atoms with Crippen LogP contribution in [0.15, 0.2) is 30.3 Å². The lowest BCUT2D eigenvalue weighted by molar-refractivity contribution is 0.0989. The predicted octanol–water partition coefficient (Wildman–Crippen LogP) is 1.51. The fourth-order valence-corrected chi connectivity index (χ4v) is 1.61. The van der Waals surface area contributed by atoms with Gasteiger partial charge in [0.05, 0.1) is 6.42 Å². The Balaban J connectivity index is 2.11. The van der Waals surface area contributed by atoms with Gasteiger partial charge in [0.2, 0.25) is 0 Å². The van der Waals surface area contributed by atoms with E-state index in [4.69, 9.17) is 0 Å². The number of hydrogen-bond acceptors (Lipinski definition) is 4. The Morgan fingerprint density at radius 2 is 2.06 bits per heavy atom. The van der Waals surface area contributed by atoms with Gasteiger partial charge in [-0.3, -0.25) is 4.79 Å². The third-order valence-corrected chi connectivity index (χ3v) is 2.46. The SMILES string of the molecule is CCCn1nnnc1CC(=O)c1ccccc1. The summed E-state index contributed by atoms with van der Waals surface area (Å²) in [6, 6.07) is 9.19. The van der Waals surface area contributed by atoms with Crippen LogP contribution in [0, 0.1) is 0 Å². The number of Topliss-reactive ketones (excluding diaryl/α,β-unsaturated/α-hetero) is 1. The van der Waals surface area contributed by atoms with Gasteiger partial charge >= 0.3 is 0 Å². The van der Waals surface area contributed by atoms with E-state index in [-0.39, 0.29) is 12.2 Å². The third kappa shape index (κ3) is 2.75. The Kier molecular flexibility index (Phi) is 3.59. The summed E-state index contributed by atoms with van der Waals surface area (Å²) >= 11 is 0. The summed E-state index contributed by atoms with van der Waals surface area (Å²) in [5.41, 5.74) is 0.693. The molecular formula is C12H14N4O. The molecule has 0 fully saturated rings. The molecule has 1 aromatic heterocycles. The first kappa shape index (κ1) is 11.4. The van der Waals surface area contributed by atoms with E-state index in [1.54, 1.807) is 16.8 Å². The molecule has 0 amide bonds. The Hall–Kier alpha value is -2.04. The largest absolute Gasteiger partial charge is 0.294 e. The molecule has 1 heterocycles. The van der Waals surface area contributed by atoms with Gasteiger partial charge in [0.1, 0.15) is 0 Å². The van der Waals surface area contributed by atoms with Gasteiger partial charge in [0.15, 0.2) is 11.6 Å². The molecule has 0 N–H and O–H groups in total. The molecule has 0 spiro atoms. The number of hydrogen-bond donors (Lipinski definition) is 0. The Bertz CT molecular complexity index is 492. The summed E-state index contributed by atoms with van der Waals surface area (Å²) in [5, 5.41) is 11.3. The molecule has 0 radical (unpaired) electrons. The Morgan fingerprint density at radius 3 is 2.76 bits per heavy atom. The predicted molar refractivity (Wildman–Crippen MR) is 62.6 cm³/mol. The summed E-state index contributed by atoms with van der Waals surface area (Å²) in [4.78, 5) is 12.0. The number of carbonyl (C=O) groups is 1. The summed E-state index contributed by atoms with van der Waals surface area (Å²) < 4.78 is 1.68. The van der Waals surface area contributed by atoms with Gasteiger partial charge < -0.3 is 0 Å². The number of aromatic nitrogens is 4. The van der Waals surface area contributed by atoms with Crippen LogP contribution in [0.5, 0.6) is 0 Å². The quantitative estimate of drug-likeness (QED) is 0.730. The number of rotatable bonds is 5. The van der Waals surface area contributed by atoms with Crippen LogP contribution in [-0.2, 0) is 13.0 Å². The van der Waals surface area contributed by atoms with Gasteiger partial charge in [0, 0.05) is 12.1 Å². The van der Waals surface area contributed by atoms with Gasteiger partial charge in [-0.2, -0.15) is 0 Å². The van der Waals surface area contributed by atoms with Crippen LogP contribution in [0.1, 0.15) is 29.5 Å². The van der Waals surface area contributed by atoms with Gasteiger partial charge in [-0.05, 0) is 16.8 Å². The van der Waals surface area contributed by atoms with Crippen LogP contribution in [-0.4, -0.2) is 26.0 Å². The van der Waals surface area contributed by atoms with E-state index in [1.165, 1.54) is 0 Å². The monoisotopic (exact) mass is 230 g/mol. The highest BCUT2D eigenvalue weighted by molar-refractivity contribution is 5.97. The van der Waals surface area contributed by atoms with Crippen molar-refractivity contribution in [1.82, 2.24) is 20.2 Å². The van der Waals surface area contributed by atoms with Crippen molar-refractivity contribution in [3.8, 4) is 0 Å². The zero-order chi connectivity index (χ0) is 12.1. The lowest BCUT2D eigenvalue weighted by Gasteiger charge is -2.02. The minimum Gasteiger partial charge on any atom is -0.294 e. The average molecular weight is 230 g/mol.